The van der Waals surface area contributed by atoms with Crippen molar-refractivity contribution in [1.29, 1.82) is 0 Å². The molecular weight excluding hydrogens is 202 g/mol. The van der Waals surface area contributed by atoms with Gasteiger partial charge in [-0.3, -0.25) is 0 Å². The van der Waals surface area contributed by atoms with Crippen LogP contribution in [0.3, 0.4) is 0 Å². The molecule has 0 atom stereocenters. The zero-order chi connectivity index (χ0) is 11.3. The van der Waals surface area contributed by atoms with Gasteiger partial charge in [-0.1, -0.05) is 12.8 Å². The third-order valence-corrected chi connectivity index (χ3v) is 4.05. The van der Waals surface area contributed by atoms with Crippen molar-refractivity contribution in [2.75, 3.05) is 39.5 Å². The van der Waals surface area contributed by atoms with E-state index in [0.29, 0.717) is 12.0 Å². The van der Waals surface area contributed by atoms with E-state index in [4.69, 9.17) is 9.84 Å². The number of aliphatic hydroxyl groups is 1. The Balaban J connectivity index is 1.51. The minimum absolute atomic E-state index is 0.354. The van der Waals surface area contributed by atoms with Gasteiger partial charge in [0.15, 0.2) is 0 Å². The standard InChI is InChI=1S/C13H25NO2/c15-8-4-2-1-3-7-14-11-13(12-14)5-9-16-10-6-13/h15H,1-12H2. The van der Waals surface area contributed by atoms with E-state index >= 15 is 0 Å². The Bertz CT molecular complexity index is 194. The van der Waals surface area contributed by atoms with Gasteiger partial charge < -0.3 is 14.7 Å². The first kappa shape index (κ1) is 12.3. The summed E-state index contributed by atoms with van der Waals surface area (Å²) in [7, 11) is 0. The van der Waals surface area contributed by atoms with Gasteiger partial charge in [-0.2, -0.15) is 0 Å². The Morgan fingerprint density at radius 1 is 1.00 bits per heavy atom. The summed E-state index contributed by atoms with van der Waals surface area (Å²) in [6.45, 7) is 6.17. The Hall–Kier alpha value is -0.120. The normalized spacial score (nSPS) is 24.6. The van der Waals surface area contributed by atoms with Crippen LogP contribution in [0.4, 0.5) is 0 Å². The molecule has 2 heterocycles. The number of unbranched alkanes of at least 4 members (excludes halogenated alkanes) is 3. The average molecular weight is 227 g/mol. The highest BCUT2D eigenvalue weighted by Gasteiger charge is 2.43. The van der Waals surface area contributed by atoms with Gasteiger partial charge >= 0.3 is 0 Å². The molecule has 2 aliphatic rings. The van der Waals surface area contributed by atoms with Crippen LogP contribution in [0, 0.1) is 5.41 Å². The summed E-state index contributed by atoms with van der Waals surface area (Å²) in [5.74, 6) is 0. The van der Waals surface area contributed by atoms with Gasteiger partial charge in [0.05, 0.1) is 0 Å². The van der Waals surface area contributed by atoms with Gasteiger partial charge in [0.2, 0.25) is 0 Å². The van der Waals surface area contributed by atoms with Crippen LogP contribution >= 0.6 is 0 Å². The summed E-state index contributed by atoms with van der Waals surface area (Å²) in [5, 5.41) is 8.68. The van der Waals surface area contributed by atoms with Crippen LogP contribution in [0.2, 0.25) is 0 Å². The maximum atomic E-state index is 8.68. The number of likely N-dealkylation sites (tertiary alicyclic amines) is 1. The molecule has 2 rings (SSSR count). The number of hydrogen-bond donors (Lipinski definition) is 1. The van der Waals surface area contributed by atoms with Gasteiger partial charge in [0.1, 0.15) is 0 Å². The van der Waals surface area contributed by atoms with Gasteiger partial charge in [0, 0.05) is 38.3 Å². The molecule has 0 unspecified atom stereocenters. The van der Waals surface area contributed by atoms with E-state index in [1.165, 1.54) is 51.7 Å². The van der Waals surface area contributed by atoms with E-state index in [-0.39, 0.29) is 0 Å². The number of aliphatic hydroxyl groups excluding tert-OH is 1. The van der Waals surface area contributed by atoms with Crippen LogP contribution in [0.1, 0.15) is 38.5 Å². The first-order chi connectivity index (χ1) is 7.85. The van der Waals surface area contributed by atoms with Crippen molar-refractivity contribution in [3.8, 4) is 0 Å². The maximum absolute atomic E-state index is 8.68. The molecule has 0 aromatic carbocycles. The van der Waals surface area contributed by atoms with Crippen molar-refractivity contribution in [2.45, 2.75) is 38.5 Å². The summed E-state index contributed by atoms with van der Waals surface area (Å²) in [6, 6.07) is 0. The fraction of sp³-hybridized carbons (Fsp3) is 1.00. The lowest BCUT2D eigenvalue weighted by Gasteiger charge is -2.52. The molecule has 2 saturated heterocycles. The summed E-state index contributed by atoms with van der Waals surface area (Å²) in [4.78, 5) is 2.59. The van der Waals surface area contributed by atoms with Crippen molar-refractivity contribution in [2.24, 2.45) is 5.41 Å². The lowest BCUT2D eigenvalue weighted by atomic mass is 9.73. The highest BCUT2D eigenvalue weighted by Crippen LogP contribution is 2.39. The van der Waals surface area contributed by atoms with Crippen LogP contribution in [0.5, 0.6) is 0 Å². The summed E-state index contributed by atoms with van der Waals surface area (Å²) >= 11 is 0. The Morgan fingerprint density at radius 3 is 2.38 bits per heavy atom. The van der Waals surface area contributed by atoms with Crippen molar-refractivity contribution in [3.05, 3.63) is 0 Å². The molecule has 2 aliphatic heterocycles. The molecule has 94 valence electrons. The highest BCUT2D eigenvalue weighted by molar-refractivity contribution is 4.95. The van der Waals surface area contributed by atoms with E-state index in [0.717, 1.165) is 19.6 Å². The first-order valence-electron chi connectivity index (χ1n) is 6.76. The Kier molecular flexibility index (Phi) is 4.62. The third-order valence-electron chi connectivity index (χ3n) is 4.05. The van der Waals surface area contributed by atoms with Gasteiger partial charge in [-0.05, 0) is 32.2 Å². The maximum Gasteiger partial charge on any atom is 0.0472 e. The molecular formula is C13H25NO2. The zero-order valence-corrected chi connectivity index (χ0v) is 10.3. The van der Waals surface area contributed by atoms with Crippen LogP contribution in [-0.2, 0) is 4.74 Å². The molecule has 0 aromatic rings. The van der Waals surface area contributed by atoms with Crippen molar-refractivity contribution < 1.29 is 9.84 Å². The lowest BCUT2D eigenvalue weighted by molar-refractivity contribution is -0.0806. The summed E-state index contributed by atoms with van der Waals surface area (Å²) in [5.41, 5.74) is 0.628. The number of ether oxygens (including phenoxy) is 1. The molecule has 0 aliphatic carbocycles. The second-order valence-electron chi connectivity index (χ2n) is 5.46. The zero-order valence-electron chi connectivity index (χ0n) is 10.3. The highest BCUT2D eigenvalue weighted by atomic mass is 16.5. The van der Waals surface area contributed by atoms with E-state index in [2.05, 4.69) is 4.90 Å². The second kappa shape index (κ2) is 5.99. The molecule has 0 amide bonds. The predicted molar refractivity (Wildman–Crippen MR) is 64.5 cm³/mol. The SMILES string of the molecule is OCCCCCCN1CC2(CCOCC2)C1. The second-order valence-corrected chi connectivity index (χ2v) is 5.46. The van der Waals surface area contributed by atoms with Crippen LogP contribution < -0.4 is 0 Å². The Morgan fingerprint density at radius 2 is 1.69 bits per heavy atom. The van der Waals surface area contributed by atoms with E-state index in [9.17, 15) is 0 Å². The fourth-order valence-electron chi connectivity index (χ4n) is 2.98. The molecule has 3 heteroatoms. The van der Waals surface area contributed by atoms with Gasteiger partial charge in [-0.25, -0.2) is 0 Å². The van der Waals surface area contributed by atoms with Gasteiger partial charge in [-0.15, -0.1) is 0 Å². The van der Waals surface area contributed by atoms with Crippen molar-refractivity contribution in [3.63, 3.8) is 0 Å². The predicted octanol–water partition coefficient (Wildman–Crippen LogP) is 1.65. The van der Waals surface area contributed by atoms with E-state index in [1.54, 1.807) is 0 Å². The van der Waals surface area contributed by atoms with Gasteiger partial charge in [0.25, 0.3) is 0 Å². The molecule has 2 fully saturated rings. The topological polar surface area (TPSA) is 32.7 Å². The molecule has 0 radical (unpaired) electrons. The molecule has 0 saturated carbocycles. The first-order valence-corrected chi connectivity index (χ1v) is 6.76. The van der Waals surface area contributed by atoms with Crippen LogP contribution in [0.15, 0.2) is 0 Å². The van der Waals surface area contributed by atoms with Crippen molar-refractivity contribution in [1.82, 2.24) is 4.90 Å². The Labute approximate surface area is 98.8 Å². The molecule has 3 nitrogen and oxygen atoms in total. The quantitative estimate of drug-likeness (QED) is 0.700. The third kappa shape index (κ3) is 3.19. The monoisotopic (exact) mass is 227 g/mol. The summed E-state index contributed by atoms with van der Waals surface area (Å²) < 4.78 is 5.42. The van der Waals surface area contributed by atoms with E-state index in [1.807, 2.05) is 0 Å². The van der Waals surface area contributed by atoms with E-state index < -0.39 is 0 Å². The fourth-order valence-corrected chi connectivity index (χ4v) is 2.98. The lowest BCUT2D eigenvalue weighted by Crippen LogP contribution is -2.58. The minimum Gasteiger partial charge on any atom is -0.396 e. The molecule has 16 heavy (non-hydrogen) atoms. The molecule has 0 aromatic heterocycles. The van der Waals surface area contributed by atoms with Crippen LogP contribution in [0.25, 0.3) is 0 Å². The number of nitrogens with zero attached hydrogens (tertiary/aromatic N) is 1. The average Bonchev–Trinajstić information content (AvgIpc) is 2.28. The van der Waals surface area contributed by atoms with Crippen LogP contribution in [-0.4, -0.2) is 49.5 Å². The molecule has 1 N–H and O–H groups in total. The number of hydrogen-bond acceptors (Lipinski definition) is 3. The largest absolute Gasteiger partial charge is 0.396 e. The minimum atomic E-state index is 0.354. The smallest absolute Gasteiger partial charge is 0.0472 e. The number of rotatable bonds is 6. The molecule has 0 bridgehead atoms. The summed E-state index contributed by atoms with van der Waals surface area (Å²) in [6.07, 6.45) is 7.27. The van der Waals surface area contributed by atoms with Crippen molar-refractivity contribution >= 4 is 0 Å². The molecule has 1 spiro atoms.